The van der Waals surface area contributed by atoms with Crippen molar-refractivity contribution in [2.24, 2.45) is 0 Å². The second-order valence-electron chi connectivity index (χ2n) is 8.25. The highest BCUT2D eigenvalue weighted by Gasteiger charge is 2.26. The van der Waals surface area contributed by atoms with Crippen molar-refractivity contribution in [3.63, 3.8) is 0 Å². The van der Waals surface area contributed by atoms with Crippen molar-refractivity contribution in [3.05, 3.63) is 88.9 Å². The molecular formula is C26H25ClN4O2S. The first kappa shape index (κ1) is 22.9. The molecule has 0 saturated carbocycles. The van der Waals surface area contributed by atoms with Gasteiger partial charge in [0.05, 0.1) is 6.04 Å². The molecule has 1 fully saturated rings. The summed E-state index contributed by atoms with van der Waals surface area (Å²) >= 11 is 7.75. The molecule has 1 atom stereocenters. The number of likely N-dealkylation sites (tertiary alicyclic amines) is 1. The third-order valence-electron chi connectivity index (χ3n) is 6.06. The number of nitrogens with one attached hydrogen (secondary N) is 1. The number of amides is 1. The first-order chi connectivity index (χ1) is 16.7. The zero-order valence-electron chi connectivity index (χ0n) is 18.6. The van der Waals surface area contributed by atoms with E-state index in [1.54, 1.807) is 18.5 Å². The summed E-state index contributed by atoms with van der Waals surface area (Å²) in [6.45, 7) is 2.50. The van der Waals surface area contributed by atoms with E-state index < -0.39 is 0 Å². The fourth-order valence-electron chi connectivity index (χ4n) is 4.42. The van der Waals surface area contributed by atoms with Gasteiger partial charge in [-0.05, 0) is 55.8 Å². The SMILES string of the molecule is O=C(NCC(c1cccc(Cl)c1)N1CCCC1)c1oc2ccccc2c1CSc1ncccn1. The van der Waals surface area contributed by atoms with Crippen LogP contribution in [0.15, 0.2) is 76.6 Å². The quantitative estimate of drug-likeness (QED) is 0.250. The van der Waals surface area contributed by atoms with E-state index >= 15 is 0 Å². The predicted octanol–water partition coefficient (Wildman–Crippen LogP) is 5.74. The Morgan fingerprint density at radius 2 is 1.88 bits per heavy atom. The molecular weight excluding hydrogens is 468 g/mol. The number of benzene rings is 2. The topological polar surface area (TPSA) is 71.3 Å². The maximum atomic E-state index is 13.4. The molecule has 1 aliphatic rings. The highest BCUT2D eigenvalue weighted by atomic mass is 35.5. The van der Waals surface area contributed by atoms with Crippen molar-refractivity contribution in [1.82, 2.24) is 20.2 Å². The highest BCUT2D eigenvalue weighted by Crippen LogP contribution is 2.31. The molecule has 6 nitrogen and oxygen atoms in total. The Balaban J connectivity index is 1.38. The highest BCUT2D eigenvalue weighted by molar-refractivity contribution is 7.98. The Labute approximate surface area is 207 Å². The average Bonchev–Trinajstić information content (AvgIpc) is 3.52. The van der Waals surface area contributed by atoms with Crippen LogP contribution in [0.25, 0.3) is 11.0 Å². The largest absolute Gasteiger partial charge is 0.451 e. The van der Waals surface area contributed by atoms with E-state index in [0.717, 1.165) is 42.4 Å². The standard InChI is InChI=1S/C26H25ClN4O2S/c27-19-8-5-7-18(15-19)22(31-13-3-4-14-31)16-30-25(32)24-21(17-34-26-28-11-6-12-29-26)20-9-1-2-10-23(20)33-24/h1-2,5-12,15,22H,3-4,13-14,16-17H2,(H,30,32). The van der Waals surface area contributed by atoms with E-state index in [9.17, 15) is 4.79 Å². The number of thioether (sulfide) groups is 1. The molecule has 8 heteroatoms. The Bertz CT molecular complexity index is 1270. The van der Waals surface area contributed by atoms with Gasteiger partial charge < -0.3 is 9.73 Å². The van der Waals surface area contributed by atoms with Crippen LogP contribution in [0.2, 0.25) is 5.02 Å². The first-order valence-corrected chi connectivity index (χ1v) is 12.7. The summed E-state index contributed by atoms with van der Waals surface area (Å²) in [7, 11) is 0. The zero-order valence-corrected chi connectivity index (χ0v) is 20.2. The van der Waals surface area contributed by atoms with Crippen LogP contribution in [-0.4, -0.2) is 40.4 Å². The fourth-order valence-corrected chi connectivity index (χ4v) is 5.45. The molecule has 0 radical (unpaired) electrons. The third kappa shape index (κ3) is 5.12. The lowest BCUT2D eigenvalue weighted by Crippen LogP contribution is -2.37. The van der Waals surface area contributed by atoms with E-state index in [1.807, 2.05) is 42.5 Å². The van der Waals surface area contributed by atoms with Gasteiger partial charge >= 0.3 is 0 Å². The maximum absolute atomic E-state index is 13.4. The van der Waals surface area contributed by atoms with Crippen molar-refractivity contribution >= 4 is 40.2 Å². The lowest BCUT2D eigenvalue weighted by molar-refractivity contribution is 0.0911. The van der Waals surface area contributed by atoms with Gasteiger partial charge in [-0.2, -0.15) is 0 Å². The minimum atomic E-state index is -0.216. The normalized spacial score (nSPS) is 15.0. The predicted molar refractivity (Wildman–Crippen MR) is 135 cm³/mol. The van der Waals surface area contributed by atoms with Gasteiger partial charge in [0.2, 0.25) is 0 Å². The molecule has 1 unspecified atom stereocenters. The van der Waals surface area contributed by atoms with Crippen LogP contribution in [0, 0.1) is 0 Å². The van der Waals surface area contributed by atoms with Gasteiger partial charge in [0.1, 0.15) is 5.58 Å². The van der Waals surface area contributed by atoms with Gasteiger partial charge in [0.15, 0.2) is 10.9 Å². The van der Waals surface area contributed by atoms with E-state index in [0.29, 0.717) is 33.8 Å². The average molecular weight is 493 g/mol. The summed E-state index contributed by atoms with van der Waals surface area (Å²) in [6.07, 6.45) is 5.75. The number of nitrogens with zero attached hydrogens (tertiary/aromatic N) is 3. The summed E-state index contributed by atoms with van der Waals surface area (Å²) < 4.78 is 6.03. The van der Waals surface area contributed by atoms with Crippen LogP contribution in [0.4, 0.5) is 0 Å². The number of fused-ring (bicyclic) bond motifs is 1. The molecule has 4 aromatic rings. The number of carbonyl (C=O) groups is 1. The van der Waals surface area contributed by atoms with Crippen LogP contribution in [0.1, 0.15) is 40.6 Å². The lowest BCUT2D eigenvalue weighted by Gasteiger charge is -2.28. The molecule has 1 N–H and O–H groups in total. The summed E-state index contributed by atoms with van der Waals surface area (Å²) in [6, 6.07) is 17.5. The van der Waals surface area contributed by atoms with Crippen molar-refractivity contribution < 1.29 is 9.21 Å². The molecule has 1 aliphatic heterocycles. The fraction of sp³-hybridized carbons (Fsp3) is 0.269. The summed E-state index contributed by atoms with van der Waals surface area (Å²) in [5, 5.41) is 5.43. The number of rotatable bonds is 8. The molecule has 1 amide bonds. The van der Waals surface area contributed by atoms with Crippen molar-refractivity contribution in [2.75, 3.05) is 19.6 Å². The lowest BCUT2D eigenvalue weighted by atomic mass is 10.1. The Kier molecular flexibility index (Phi) is 7.13. The minimum Gasteiger partial charge on any atom is -0.451 e. The molecule has 3 heterocycles. The number of halogens is 1. The summed E-state index contributed by atoms with van der Waals surface area (Å²) in [5.41, 5.74) is 2.66. The van der Waals surface area contributed by atoms with Crippen molar-refractivity contribution in [2.45, 2.75) is 29.8 Å². The van der Waals surface area contributed by atoms with Gasteiger partial charge in [0, 0.05) is 40.7 Å². The number of carbonyl (C=O) groups excluding carboxylic acids is 1. The number of para-hydroxylation sites is 1. The van der Waals surface area contributed by atoms with Crippen LogP contribution in [0.3, 0.4) is 0 Å². The number of hydrogen-bond donors (Lipinski definition) is 1. The number of hydrogen-bond acceptors (Lipinski definition) is 6. The second kappa shape index (κ2) is 10.6. The molecule has 5 rings (SSSR count). The van der Waals surface area contributed by atoms with Gasteiger partial charge in [-0.25, -0.2) is 9.97 Å². The molecule has 174 valence electrons. The first-order valence-electron chi connectivity index (χ1n) is 11.4. The molecule has 0 spiro atoms. The van der Waals surface area contributed by atoms with E-state index in [-0.39, 0.29) is 11.9 Å². The minimum absolute atomic E-state index is 0.0603. The van der Waals surface area contributed by atoms with E-state index in [1.165, 1.54) is 11.8 Å². The summed E-state index contributed by atoms with van der Waals surface area (Å²) in [4.78, 5) is 24.3. The molecule has 2 aromatic carbocycles. The smallest absolute Gasteiger partial charge is 0.287 e. The molecule has 0 bridgehead atoms. The van der Waals surface area contributed by atoms with E-state index in [2.05, 4.69) is 26.3 Å². The number of furan rings is 1. The summed E-state index contributed by atoms with van der Waals surface area (Å²) in [5.74, 6) is 0.663. The Morgan fingerprint density at radius 3 is 2.68 bits per heavy atom. The van der Waals surface area contributed by atoms with Crippen LogP contribution >= 0.6 is 23.4 Å². The molecule has 0 aliphatic carbocycles. The number of aromatic nitrogens is 2. The Morgan fingerprint density at radius 1 is 1.09 bits per heavy atom. The van der Waals surface area contributed by atoms with Crippen molar-refractivity contribution in [3.8, 4) is 0 Å². The molecule has 34 heavy (non-hydrogen) atoms. The monoisotopic (exact) mass is 492 g/mol. The van der Waals surface area contributed by atoms with Crippen LogP contribution in [0.5, 0.6) is 0 Å². The van der Waals surface area contributed by atoms with Gasteiger partial charge in [-0.3, -0.25) is 9.69 Å². The van der Waals surface area contributed by atoms with Gasteiger partial charge in [-0.1, -0.05) is 53.7 Å². The second-order valence-corrected chi connectivity index (χ2v) is 9.63. The van der Waals surface area contributed by atoms with Crippen molar-refractivity contribution in [1.29, 1.82) is 0 Å². The van der Waals surface area contributed by atoms with E-state index in [4.69, 9.17) is 16.0 Å². The molecule has 2 aromatic heterocycles. The zero-order chi connectivity index (χ0) is 23.3. The van der Waals surface area contributed by atoms with Crippen LogP contribution in [-0.2, 0) is 5.75 Å². The third-order valence-corrected chi connectivity index (χ3v) is 7.20. The molecule has 1 saturated heterocycles. The van der Waals surface area contributed by atoms with Gasteiger partial charge in [0.25, 0.3) is 5.91 Å². The van der Waals surface area contributed by atoms with Crippen LogP contribution < -0.4 is 5.32 Å². The Hall–Kier alpha value is -2.87. The maximum Gasteiger partial charge on any atom is 0.287 e. The van der Waals surface area contributed by atoms with Gasteiger partial charge in [-0.15, -0.1) is 0 Å².